The van der Waals surface area contributed by atoms with E-state index in [9.17, 15) is 4.79 Å². The van der Waals surface area contributed by atoms with Crippen molar-refractivity contribution in [1.29, 1.82) is 0 Å². The van der Waals surface area contributed by atoms with Crippen molar-refractivity contribution in [3.05, 3.63) is 47.9 Å². The van der Waals surface area contributed by atoms with Gasteiger partial charge in [-0.3, -0.25) is 4.79 Å². The quantitative estimate of drug-likeness (QED) is 0.417. The first-order chi connectivity index (χ1) is 6.26. The zero-order valence-electron chi connectivity index (χ0n) is 7.43. The summed E-state index contributed by atoms with van der Waals surface area (Å²) < 4.78 is 8.37. The second kappa shape index (κ2) is 7.58. The summed E-state index contributed by atoms with van der Waals surface area (Å²) in [6, 6.07) is 0. The highest BCUT2D eigenvalue weighted by Gasteiger charge is 1.98. The van der Waals surface area contributed by atoms with Crippen molar-refractivity contribution in [1.82, 2.24) is 0 Å². The van der Waals surface area contributed by atoms with Gasteiger partial charge in [0.05, 0.1) is 0 Å². The SMILES string of the molecule is C=C/C=C\C(=C/C)C(=O)/C=C/SO. The summed E-state index contributed by atoms with van der Waals surface area (Å²) in [5, 5.41) is 1.33. The number of hydrogen-bond acceptors (Lipinski definition) is 3. The van der Waals surface area contributed by atoms with Gasteiger partial charge in [-0.05, 0) is 13.0 Å². The van der Waals surface area contributed by atoms with Gasteiger partial charge in [0.25, 0.3) is 0 Å². The van der Waals surface area contributed by atoms with Crippen LogP contribution in [0.1, 0.15) is 6.92 Å². The van der Waals surface area contributed by atoms with Crippen LogP contribution in [0.2, 0.25) is 0 Å². The van der Waals surface area contributed by atoms with Crippen LogP contribution in [0.4, 0.5) is 0 Å². The fraction of sp³-hybridized carbons (Fsp3) is 0.100. The summed E-state index contributed by atoms with van der Waals surface area (Å²) in [5.74, 6) is -0.137. The number of carbonyl (C=O) groups is 1. The molecule has 2 nitrogen and oxygen atoms in total. The topological polar surface area (TPSA) is 37.3 Å². The van der Waals surface area contributed by atoms with Gasteiger partial charge in [0.15, 0.2) is 5.78 Å². The third-order valence-electron chi connectivity index (χ3n) is 1.29. The second-order valence-electron chi connectivity index (χ2n) is 2.11. The van der Waals surface area contributed by atoms with Crippen molar-refractivity contribution in [3.63, 3.8) is 0 Å². The van der Waals surface area contributed by atoms with Crippen molar-refractivity contribution < 1.29 is 9.35 Å². The summed E-state index contributed by atoms with van der Waals surface area (Å²) in [6.07, 6.45) is 7.97. The van der Waals surface area contributed by atoms with E-state index in [0.717, 1.165) is 0 Å². The molecular formula is C10H12O2S. The molecule has 0 aliphatic carbocycles. The Labute approximate surface area is 82.6 Å². The number of ketones is 1. The molecule has 0 heterocycles. The highest BCUT2D eigenvalue weighted by molar-refractivity contribution is 7.96. The molecule has 0 bridgehead atoms. The van der Waals surface area contributed by atoms with Gasteiger partial charge < -0.3 is 4.55 Å². The van der Waals surface area contributed by atoms with Crippen LogP contribution in [0.25, 0.3) is 0 Å². The monoisotopic (exact) mass is 196 g/mol. The minimum Gasteiger partial charge on any atom is -0.326 e. The lowest BCUT2D eigenvalue weighted by molar-refractivity contribution is -0.111. The molecule has 0 aromatic carbocycles. The van der Waals surface area contributed by atoms with Crippen molar-refractivity contribution >= 4 is 17.8 Å². The largest absolute Gasteiger partial charge is 0.326 e. The van der Waals surface area contributed by atoms with E-state index in [0.29, 0.717) is 17.6 Å². The number of allylic oxidation sites excluding steroid dienone is 6. The standard InChI is InChI=1S/C10H12O2S/c1-3-5-6-9(4-2)10(11)7-8-13-12/h3-8,12H,1H2,2H3/b6-5-,8-7+,9-4+. The van der Waals surface area contributed by atoms with E-state index < -0.39 is 0 Å². The molecule has 1 N–H and O–H groups in total. The van der Waals surface area contributed by atoms with Gasteiger partial charge in [-0.2, -0.15) is 0 Å². The van der Waals surface area contributed by atoms with Crippen LogP contribution in [0, 0.1) is 0 Å². The first kappa shape index (κ1) is 11.9. The van der Waals surface area contributed by atoms with E-state index in [4.69, 9.17) is 4.55 Å². The van der Waals surface area contributed by atoms with E-state index in [1.165, 1.54) is 11.5 Å². The van der Waals surface area contributed by atoms with Gasteiger partial charge in [-0.1, -0.05) is 30.9 Å². The summed E-state index contributed by atoms with van der Waals surface area (Å²) in [5.41, 5.74) is 0.574. The Balaban J connectivity index is 4.43. The summed E-state index contributed by atoms with van der Waals surface area (Å²) in [4.78, 5) is 11.3. The average molecular weight is 196 g/mol. The van der Waals surface area contributed by atoms with E-state index in [1.807, 2.05) is 0 Å². The summed E-state index contributed by atoms with van der Waals surface area (Å²) >= 11 is 0.509. The predicted octanol–water partition coefficient (Wildman–Crippen LogP) is 2.96. The molecule has 0 aliphatic heterocycles. The molecule has 0 saturated carbocycles. The lowest BCUT2D eigenvalue weighted by Gasteiger charge is -1.92. The van der Waals surface area contributed by atoms with Crippen molar-refractivity contribution in [3.8, 4) is 0 Å². The maximum Gasteiger partial charge on any atom is 0.186 e. The molecule has 0 aromatic heterocycles. The molecule has 0 aliphatic rings. The Morgan fingerprint density at radius 1 is 1.46 bits per heavy atom. The molecule has 0 amide bonds. The minimum atomic E-state index is -0.137. The average Bonchev–Trinajstić information content (AvgIpc) is 2.16. The second-order valence-corrected chi connectivity index (χ2v) is 2.59. The predicted molar refractivity (Wildman–Crippen MR) is 57.5 cm³/mol. The third kappa shape index (κ3) is 5.22. The minimum absolute atomic E-state index is 0.137. The van der Waals surface area contributed by atoms with Crippen LogP contribution in [0.5, 0.6) is 0 Å². The molecule has 0 atom stereocenters. The van der Waals surface area contributed by atoms with Crippen LogP contribution < -0.4 is 0 Å². The summed E-state index contributed by atoms with van der Waals surface area (Å²) in [7, 11) is 0. The van der Waals surface area contributed by atoms with Crippen LogP contribution in [0.15, 0.2) is 47.9 Å². The van der Waals surface area contributed by atoms with Crippen molar-refractivity contribution in [2.75, 3.05) is 0 Å². The molecule has 0 unspecified atom stereocenters. The Morgan fingerprint density at radius 3 is 2.62 bits per heavy atom. The number of rotatable bonds is 5. The summed E-state index contributed by atoms with van der Waals surface area (Å²) in [6.45, 7) is 5.28. The Morgan fingerprint density at radius 2 is 2.15 bits per heavy atom. The molecule has 0 spiro atoms. The van der Waals surface area contributed by atoms with E-state index in [2.05, 4.69) is 6.58 Å². The first-order valence-electron chi connectivity index (χ1n) is 3.72. The van der Waals surface area contributed by atoms with Gasteiger partial charge in [-0.15, -0.1) is 0 Å². The highest BCUT2D eigenvalue weighted by atomic mass is 32.2. The van der Waals surface area contributed by atoms with E-state index in [-0.39, 0.29) is 5.78 Å². The fourth-order valence-electron chi connectivity index (χ4n) is 0.681. The molecule has 0 saturated heterocycles. The van der Waals surface area contributed by atoms with E-state index >= 15 is 0 Å². The maximum absolute atomic E-state index is 11.3. The van der Waals surface area contributed by atoms with Crippen LogP contribution in [-0.4, -0.2) is 10.3 Å². The van der Waals surface area contributed by atoms with Gasteiger partial charge in [0, 0.05) is 23.0 Å². The molecule has 70 valence electrons. The van der Waals surface area contributed by atoms with Crippen molar-refractivity contribution in [2.45, 2.75) is 6.92 Å². The van der Waals surface area contributed by atoms with Crippen LogP contribution >= 0.6 is 12.0 Å². The van der Waals surface area contributed by atoms with E-state index in [1.54, 1.807) is 31.2 Å². The zero-order valence-corrected chi connectivity index (χ0v) is 8.25. The molecule has 0 fully saturated rings. The molecule has 13 heavy (non-hydrogen) atoms. The number of hydrogen-bond donors (Lipinski definition) is 1. The Bertz CT molecular complexity index is 262. The molecule has 0 aromatic rings. The first-order valence-corrected chi connectivity index (χ1v) is 4.56. The Hall–Kier alpha value is -1.06. The fourth-order valence-corrected chi connectivity index (χ4v) is 0.865. The van der Waals surface area contributed by atoms with Crippen LogP contribution in [-0.2, 0) is 4.79 Å². The Kier molecular flexibility index (Phi) is 6.96. The lowest BCUT2D eigenvalue weighted by atomic mass is 10.1. The smallest absolute Gasteiger partial charge is 0.186 e. The van der Waals surface area contributed by atoms with Gasteiger partial charge >= 0.3 is 0 Å². The highest BCUT2D eigenvalue weighted by Crippen LogP contribution is 2.02. The molecular weight excluding hydrogens is 184 g/mol. The van der Waals surface area contributed by atoms with Gasteiger partial charge in [0.1, 0.15) is 0 Å². The third-order valence-corrected chi connectivity index (χ3v) is 1.55. The van der Waals surface area contributed by atoms with Crippen LogP contribution in [0.3, 0.4) is 0 Å². The van der Waals surface area contributed by atoms with Gasteiger partial charge in [-0.25, -0.2) is 0 Å². The maximum atomic E-state index is 11.3. The van der Waals surface area contributed by atoms with Crippen molar-refractivity contribution in [2.24, 2.45) is 0 Å². The van der Waals surface area contributed by atoms with Gasteiger partial charge in [0.2, 0.25) is 0 Å². The molecule has 0 radical (unpaired) electrons. The zero-order chi connectivity index (χ0) is 10.1. The lowest BCUT2D eigenvalue weighted by Crippen LogP contribution is -1.94. The molecule has 3 heteroatoms. The number of carbonyl (C=O) groups excluding carboxylic acids is 1. The normalized spacial score (nSPS) is 12.6. The molecule has 0 rings (SSSR count).